The number of aryl methyl sites for hydroxylation is 1. The van der Waals surface area contributed by atoms with Gasteiger partial charge in [0.05, 0.1) is 17.6 Å². The van der Waals surface area contributed by atoms with Gasteiger partial charge in [-0.1, -0.05) is 32.0 Å². The first-order chi connectivity index (χ1) is 12.0. The van der Waals surface area contributed by atoms with Crippen LogP contribution in [0.25, 0.3) is 0 Å². The first-order valence-corrected chi connectivity index (χ1v) is 8.45. The molecule has 0 radical (unpaired) electrons. The fourth-order valence-electron chi connectivity index (χ4n) is 3.10. The second-order valence-corrected chi connectivity index (χ2v) is 6.76. The van der Waals surface area contributed by atoms with Crippen molar-refractivity contribution >= 4 is 17.5 Å². The normalized spacial score (nSPS) is 14.6. The van der Waals surface area contributed by atoms with Gasteiger partial charge in [-0.3, -0.25) is 9.59 Å². The zero-order valence-corrected chi connectivity index (χ0v) is 14.7. The van der Waals surface area contributed by atoms with Crippen LogP contribution >= 0.6 is 0 Å². The Balaban J connectivity index is 1.84. The molecule has 0 saturated carbocycles. The van der Waals surface area contributed by atoms with Gasteiger partial charge < -0.3 is 10.2 Å². The van der Waals surface area contributed by atoms with Gasteiger partial charge in [0.25, 0.3) is 5.91 Å². The minimum Gasteiger partial charge on any atom is -0.323 e. The molecule has 2 amide bonds. The largest absolute Gasteiger partial charge is 0.323 e. The summed E-state index contributed by atoms with van der Waals surface area (Å²) in [5.74, 6) is 0.0101. The van der Waals surface area contributed by atoms with E-state index in [9.17, 15) is 9.59 Å². The van der Waals surface area contributed by atoms with E-state index in [0.717, 1.165) is 5.56 Å². The minimum atomic E-state index is -0.521. The first-order valence-electron chi connectivity index (χ1n) is 8.45. The zero-order chi connectivity index (χ0) is 18.0. The van der Waals surface area contributed by atoms with E-state index >= 15 is 0 Å². The summed E-state index contributed by atoms with van der Waals surface area (Å²) in [5.41, 5.74) is 2.93. The van der Waals surface area contributed by atoms with E-state index in [1.807, 2.05) is 38.1 Å². The Kier molecular flexibility index (Phi) is 4.79. The fraction of sp³-hybridized carbons (Fsp3) is 0.368. The molecule has 0 unspecified atom stereocenters. The summed E-state index contributed by atoms with van der Waals surface area (Å²) >= 11 is 0. The summed E-state index contributed by atoms with van der Waals surface area (Å²) in [6.45, 7) is 6.35. The molecule has 0 spiro atoms. The minimum absolute atomic E-state index is 0.0824. The Labute approximate surface area is 147 Å². The maximum Gasteiger partial charge on any atom is 0.255 e. The first kappa shape index (κ1) is 17.1. The molecule has 6 nitrogen and oxygen atoms in total. The van der Waals surface area contributed by atoms with Gasteiger partial charge in [0.15, 0.2) is 0 Å². The van der Waals surface area contributed by atoms with Crippen LogP contribution in [0.2, 0.25) is 0 Å². The highest BCUT2D eigenvalue weighted by Crippen LogP contribution is 2.27. The molecule has 25 heavy (non-hydrogen) atoms. The average molecular weight is 338 g/mol. The Morgan fingerprint density at radius 1 is 1.28 bits per heavy atom. The molecule has 1 aliphatic rings. The summed E-state index contributed by atoms with van der Waals surface area (Å²) in [5, 5.41) is 10.7. The number of rotatable bonds is 5. The number of amides is 2. The van der Waals surface area contributed by atoms with Gasteiger partial charge in [0.2, 0.25) is 5.91 Å². The molecular weight excluding hydrogens is 316 g/mol. The van der Waals surface area contributed by atoms with Crippen LogP contribution in [0.3, 0.4) is 0 Å². The summed E-state index contributed by atoms with van der Waals surface area (Å²) in [4.78, 5) is 27.4. The van der Waals surface area contributed by atoms with Gasteiger partial charge in [-0.05, 0) is 37.0 Å². The van der Waals surface area contributed by atoms with Gasteiger partial charge in [0, 0.05) is 12.1 Å². The number of anilines is 1. The summed E-state index contributed by atoms with van der Waals surface area (Å²) < 4.78 is 0. The van der Waals surface area contributed by atoms with Crippen molar-refractivity contribution in [3.63, 3.8) is 0 Å². The van der Waals surface area contributed by atoms with Crippen LogP contribution in [-0.2, 0) is 11.3 Å². The van der Waals surface area contributed by atoms with Crippen LogP contribution in [0.4, 0.5) is 5.69 Å². The lowest BCUT2D eigenvalue weighted by molar-refractivity contribution is -0.121. The number of benzene rings is 1. The van der Waals surface area contributed by atoms with Crippen LogP contribution in [0, 0.1) is 12.8 Å². The Bertz CT molecular complexity index is 804. The van der Waals surface area contributed by atoms with Gasteiger partial charge in [-0.15, -0.1) is 0 Å². The predicted molar refractivity (Wildman–Crippen MR) is 95.0 cm³/mol. The number of nitrogens with zero attached hydrogens (tertiary/aromatic N) is 3. The number of hydrogen-bond acceptors (Lipinski definition) is 4. The standard InChI is InChI=1S/C19H22N4O2/c1-12(2)10-17(18(24)21-16-8-9-20-22-13(16)3)23-11-14-6-4-5-7-15(14)19(23)25/h4-9,12,17H,10-11H2,1-3H3,(H,20,21,24)/t17-/m1/s1. The van der Waals surface area contributed by atoms with E-state index < -0.39 is 6.04 Å². The van der Waals surface area contributed by atoms with Crippen LogP contribution in [-0.4, -0.2) is 33.0 Å². The molecule has 0 aliphatic carbocycles. The third-order valence-corrected chi connectivity index (χ3v) is 4.39. The maximum absolute atomic E-state index is 12.9. The number of carbonyl (C=O) groups excluding carboxylic acids is 2. The van der Waals surface area contributed by atoms with Crippen LogP contribution in [0.5, 0.6) is 0 Å². The number of hydrogen-bond donors (Lipinski definition) is 1. The highest BCUT2D eigenvalue weighted by atomic mass is 16.2. The lowest BCUT2D eigenvalue weighted by atomic mass is 10.0. The van der Waals surface area contributed by atoms with E-state index in [4.69, 9.17) is 0 Å². The second-order valence-electron chi connectivity index (χ2n) is 6.76. The predicted octanol–water partition coefficient (Wildman–Crippen LogP) is 2.79. The molecule has 2 aromatic rings. The molecule has 0 fully saturated rings. The molecule has 1 N–H and O–H groups in total. The van der Waals surface area contributed by atoms with Crippen molar-refractivity contribution in [3.05, 3.63) is 53.3 Å². The van der Waals surface area contributed by atoms with Crippen molar-refractivity contribution < 1.29 is 9.59 Å². The van der Waals surface area contributed by atoms with Crippen LogP contribution in [0.15, 0.2) is 36.5 Å². The van der Waals surface area contributed by atoms with E-state index in [0.29, 0.717) is 29.9 Å². The monoisotopic (exact) mass is 338 g/mol. The fourth-order valence-corrected chi connectivity index (χ4v) is 3.10. The summed E-state index contributed by atoms with van der Waals surface area (Å²) in [6.07, 6.45) is 2.14. The third kappa shape index (κ3) is 3.52. The zero-order valence-electron chi connectivity index (χ0n) is 14.7. The molecular formula is C19H22N4O2. The smallest absolute Gasteiger partial charge is 0.255 e. The van der Waals surface area contributed by atoms with Crippen molar-refractivity contribution in [1.29, 1.82) is 0 Å². The molecule has 1 aromatic heterocycles. The second kappa shape index (κ2) is 7.01. The SMILES string of the molecule is Cc1nnccc1NC(=O)[C@@H](CC(C)C)N1Cc2ccccc2C1=O. The van der Waals surface area contributed by atoms with Crippen molar-refractivity contribution in [2.24, 2.45) is 5.92 Å². The third-order valence-electron chi connectivity index (χ3n) is 4.39. The van der Waals surface area contributed by atoms with Crippen molar-refractivity contribution in [3.8, 4) is 0 Å². The Morgan fingerprint density at radius 3 is 2.72 bits per heavy atom. The van der Waals surface area contributed by atoms with Crippen LogP contribution < -0.4 is 5.32 Å². The Morgan fingerprint density at radius 2 is 2.04 bits per heavy atom. The van der Waals surface area contributed by atoms with E-state index in [2.05, 4.69) is 15.5 Å². The molecule has 1 aliphatic heterocycles. The van der Waals surface area contributed by atoms with Gasteiger partial charge in [-0.25, -0.2) is 0 Å². The molecule has 1 aromatic carbocycles. The van der Waals surface area contributed by atoms with Crippen molar-refractivity contribution in [2.45, 2.75) is 39.8 Å². The van der Waals surface area contributed by atoms with Gasteiger partial charge >= 0.3 is 0 Å². The number of nitrogens with one attached hydrogen (secondary N) is 1. The van der Waals surface area contributed by atoms with Crippen molar-refractivity contribution in [2.75, 3.05) is 5.32 Å². The molecule has 1 atom stereocenters. The molecule has 130 valence electrons. The van der Waals surface area contributed by atoms with E-state index in [1.54, 1.807) is 17.9 Å². The lowest BCUT2D eigenvalue weighted by Crippen LogP contribution is -2.45. The maximum atomic E-state index is 12.9. The quantitative estimate of drug-likeness (QED) is 0.909. The molecule has 0 saturated heterocycles. The summed E-state index contributed by atoms with van der Waals surface area (Å²) in [7, 11) is 0. The highest BCUT2D eigenvalue weighted by molar-refractivity contribution is 6.03. The Hall–Kier alpha value is -2.76. The van der Waals surface area contributed by atoms with E-state index in [1.165, 1.54) is 6.20 Å². The average Bonchev–Trinajstić information content (AvgIpc) is 2.91. The molecule has 2 heterocycles. The number of aromatic nitrogens is 2. The van der Waals surface area contributed by atoms with E-state index in [-0.39, 0.29) is 17.7 Å². The number of carbonyl (C=O) groups is 2. The molecule has 0 bridgehead atoms. The van der Waals surface area contributed by atoms with Crippen LogP contribution in [0.1, 0.15) is 41.9 Å². The molecule has 3 rings (SSSR count). The lowest BCUT2D eigenvalue weighted by Gasteiger charge is -2.28. The molecule has 6 heteroatoms. The van der Waals surface area contributed by atoms with Gasteiger partial charge in [0.1, 0.15) is 6.04 Å². The van der Waals surface area contributed by atoms with Gasteiger partial charge in [-0.2, -0.15) is 10.2 Å². The highest BCUT2D eigenvalue weighted by Gasteiger charge is 2.36. The van der Waals surface area contributed by atoms with Crippen molar-refractivity contribution in [1.82, 2.24) is 15.1 Å². The summed E-state index contributed by atoms with van der Waals surface area (Å²) in [6, 6.07) is 8.72. The number of fused-ring (bicyclic) bond motifs is 1. The topological polar surface area (TPSA) is 75.2 Å².